The molecule has 1 aliphatic rings. The number of imidazole rings is 1. The van der Waals surface area contributed by atoms with Gasteiger partial charge in [0, 0.05) is 13.7 Å². The lowest BCUT2D eigenvalue weighted by Crippen LogP contribution is -2.40. The molecule has 0 spiro atoms. The van der Waals surface area contributed by atoms with E-state index in [1.807, 2.05) is 0 Å². The summed E-state index contributed by atoms with van der Waals surface area (Å²) in [5, 5.41) is 0. The fourth-order valence-corrected chi connectivity index (χ4v) is 3.12. The first-order chi connectivity index (χ1) is 12.1. The molecular weight excluding hydrogens is 396 g/mol. The number of hydrogen-bond donors (Lipinski definition) is 1. The molecule has 3 heterocycles. The molecule has 0 saturated carbocycles. The maximum Gasteiger partial charge on any atom is 0.332 e. The molecule has 3 rings (SSSR count). The number of aryl methyl sites for hydroxylation is 1. The van der Waals surface area contributed by atoms with Gasteiger partial charge in [0.25, 0.3) is 5.56 Å². The number of rotatable bonds is 7. The van der Waals surface area contributed by atoms with E-state index in [4.69, 9.17) is 14.2 Å². The number of halogens is 1. The molecule has 1 aliphatic heterocycles. The van der Waals surface area contributed by atoms with Crippen molar-refractivity contribution in [1.29, 1.82) is 0 Å². The summed E-state index contributed by atoms with van der Waals surface area (Å²) < 4.78 is 19.4. The van der Waals surface area contributed by atoms with Crippen molar-refractivity contribution in [2.45, 2.75) is 32.1 Å². The van der Waals surface area contributed by atoms with E-state index in [0.717, 1.165) is 30.4 Å². The maximum atomic E-state index is 12.4. The van der Waals surface area contributed by atoms with Gasteiger partial charge in [-0.2, -0.15) is 0 Å². The van der Waals surface area contributed by atoms with Crippen LogP contribution in [0.2, 0.25) is 0 Å². The summed E-state index contributed by atoms with van der Waals surface area (Å²) in [7, 11) is 1.58. The highest BCUT2D eigenvalue weighted by Gasteiger charge is 2.15. The van der Waals surface area contributed by atoms with Gasteiger partial charge in [-0.15, -0.1) is 0 Å². The van der Waals surface area contributed by atoms with E-state index in [2.05, 4.69) is 25.9 Å². The minimum Gasteiger partial charge on any atom is -0.377 e. The molecule has 1 saturated heterocycles. The van der Waals surface area contributed by atoms with E-state index in [9.17, 15) is 9.59 Å². The summed E-state index contributed by atoms with van der Waals surface area (Å²) in [5.74, 6) is 0. The quantitative estimate of drug-likeness (QED) is 0.527. The molecule has 0 aliphatic carbocycles. The fraction of sp³-hybridized carbons (Fsp3) is 0.667. The Balaban J connectivity index is 1.53. The van der Waals surface area contributed by atoms with Gasteiger partial charge in [0.1, 0.15) is 0 Å². The van der Waals surface area contributed by atoms with Crippen LogP contribution in [0.1, 0.15) is 19.3 Å². The van der Waals surface area contributed by atoms with E-state index in [1.54, 1.807) is 7.05 Å². The highest BCUT2D eigenvalue weighted by molar-refractivity contribution is 9.10. The van der Waals surface area contributed by atoms with E-state index in [1.165, 1.54) is 4.57 Å². The number of ether oxygens (including phenoxy) is 3. The Kier molecular flexibility index (Phi) is 6.05. The lowest BCUT2D eigenvalue weighted by Gasteiger charge is -2.22. The van der Waals surface area contributed by atoms with E-state index < -0.39 is 11.2 Å². The number of hydrogen-bond acceptors (Lipinski definition) is 6. The summed E-state index contributed by atoms with van der Waals surface area (Å²) in [6.07, 6.45) is 2.96. The van der Waals surface area contributed by atoms with Crippen LogP contribution in [0.4, 0.5) is 0 Å². The lowest BCUT2D eigenvalue weighted by molar-refractivity contribution is -0.169. The molecule has 1 atom stereocenters. The number of aromatic amines is 1. The Hall–Kier alpha value is -1.49. The second-order valence-electron chi connectivity index (χ2n) is 5.80. The third-order valence-electron chi connectivity index (χ3n) is 4.08. The number of aromatic nitrogens is 4. The van der Waals surface area contributed by atoms with Gasteiger partial charge in [-0.3, -0.25) is 13.9 Å². The Bertz CT molecular complexity index is 837. The van der Waals surface area contributed by atoms with Gasteiger partial charge in [0.15, 0.2) is 22.2 Å². The summed E-state index contributed by atoms with van der Waals surface area (Å²) in [6, 6.07) is 0. The Morgan fingerprint density at radius 1 is 1.32 bits per heavy atom. The van der Waals surface area contributed by atoms with Crippen LogP contribution >= 0.6 is 15.9 Å². The minimum absolute atomic E-state index is 0.145. The van der Waals surface area contributed by atoms with Crippen LogP contribution in [0.15, 0.2) is 14.3 Å². The third kappa shape index (κ3) is 4.20. The Morgan fingerprint density at radius 2 is 2.16 bits per heavy atom. The Labute approximate surface area is 152 Å². The zero-order valence-electron chi connectivity index (χ0n) is 14.0. The van der Waals surface area contributed by atoms with Crippen molar-refractivity contribution in [2.75, 3.05) is 26.4 Å². The van der Waals surface area contributed by atoms with Crippen LogP contribution < -0.4 is 11.2 Å². The van der Waals surface area contributed by atoms with E-state index in [0.29, 0.717) is 23.6 Å². The van der Waals surface area contributed by atoms with Gasteiger partial charge < -0.3 is 19.2 Å². The van der Waals surface area contributed by atoms with Crippen molar-refractivity contribution in [3.63, 3.8) is 0 Å². The number of fused-ring (bicyclic) bond motifs is 1. The molecule has 9 nitrogen and oxygen atoms in total. The topological polar surface area (TPSA) is 100 Å². The molecule has 25 heavy (non-hydrogen) atoms. The van der Waals surface area contributed by atoms with Crippen LogP contribution in [0.25, 0.3) is 11.2 Å². The molecule has 10 heteroatoms. The van der Waals surface area contributed by atoms with Crippen LogP contribution in [-0.4, -0.2) is 51.8 Å². The van der Waals surface area contributed by atoms with Crippen molar-refractivity contribution in [1.82, 2.24) is 19.1 Å². The van der Waals surface area contributed by atoms with Gasteiger partial charge in [-0.1, -0.05) is 0 Å². The zero-order valence-corrected chi connectivity index (χ0v) is 15.6. The molecule has 0 amide bonds. The van der Waals surface area contributed by atoms with Crippen molar-refractivity contribution < 1.29 is 14.2 Å². The second-order valence-corrected chi connectivity index (χ2v) is 6.56. The molecule has 2 aromatic rings. The van der Waals surface area contributed by atoms with Crippen LogP contribution in [0.5, 0.6) is 0 Å². The van der Waals surface area contributed by atoms with Crippen molar-refractivity contribution in [2.24, 2.45) is 7.05 Å². The number of nitrogens with one attached hydrogen (secondary N) is 1. The smallest absolute Gasteiger partial charge is 0.332 e. The molecule has 2 aromatic heterocycles. The van der Waals surface area contributed by atoms with Gasteiger partial charge >= 0.3 is 5.69 Å². The van der Waals surface area contributed by atoms with Crippen LogP contribution in [-0.2, 0) is 27.8 Å². The monoisotopic (exact) mass is 416 g/mol. The molecule has 138 valence electrons. The normalized spacial score (nSPS) is 18.1. The molecule has 0 bridgehead atoms. The van der Waals surface area contributed by atoms with Crippen LogP contribution in [0, 0.1) is 0 Å². The molecule has 0 aromatic carbocycles. The SMILES string of the molecule is Cn1c(=O)n(CCOCCOC2CCCCO2)c(=O)c2[nH]c(Br)nc21. The Morgan fingerprint density at radius 3 is 2.92 bits per heavy atom. The summed E-state index contributed by atoms with van der Waals surface area (Å²) >= 11 is 3.18. The lowest BCUT2D eigenvalue weighted by atomic mass is 10.2. The van der Waals surface area contributed by atoms with Gasteiger partial charge in [0.05, 0.1) is 26.4 Å². The molecule has 1 N–H and O–H groups in total. The van der Waals surface area contributed by atoms with E-state index in [-0.39, 0.29) is 25.0 Å². The zero-order chi connectivity index (χ0) is 17.8. The van der Waals surface area contributed by atoms with Gasteiger partial charge in [-0.05, 0) is 35.2 Å². The third-order valence-corrected chi connectivity index (χ3v) is 4.45. The number of nitrogens with zero attached hydrogens (tertiary/aromatic N) is 3. The number of H-pyrrole nitrogens is 1. The summed E-state index contributed by atoms with van der Waals surface area (Å²) in [5.41, 5.74) is -0.231. The van der Waals surface area contributed by atoms with Crippen LogP contribution in [0.3, 0.4) is 0 Å². The second kappa shape index (κ2) is 8.26. The predicted molar refractivity (Wildman–Crippen MR) is 93.7 cm³/mol. The molecule has 1 fully saturated rings. The van der Waals surface area contributed by atoms with E-state index >= 15 is 0 Å². The average molecular weight is 417 g/mol. The average Bonchev–Trinajstić information content (AvgIpc) is 3.01. The first kappa shape index (κ1) is 18.3. The standard InChI is InChI=1S/C15H21BrN4O5/c1-19-12-11(17-14(16)18-12)13(21)20(15(19)22)5-7-23-8-9-25-10-4-2-3-6-24-10/h10H,2-9H2,1H3,(H,17,18). The summed E-state index contributed by atoms with van der Waals surface area (Å²) in [4.78, 5) is 31.6. The van der Waals surface area contributed by atoms with Crippen molar-refractivity contribution >= 4 is 27.1 Å². The summed E-state index contributed by atoms with van der Waals surface area (Å²) in [6.45, 7) is 1.95. The van der Waals surface area contributed by atoms with Gasteiger partial charge in [0.2, 0.25) is 0 Å². The predicted octanol–water partition coefficient (Wildman–Crippen LogP) is 0.746. The maximum absolute atomic E-state index is 12.4. The largest absolute Gasteiger partial charge is 0.377 e. The minimum atomic E-state index is -0.424. The van der Waals surface area contributed by atoms with Crippen molar-refractivity contribution in [3.8, 4) is 0 Å². The molecule has 1 unspecified atom stereocenters. The van der Waals surface area contributed by atoms with Crippen molar-refractivity contribution in [3.05, 3.63) is 25.6 Å². The highest BCUT2D eigenvalue weighted by atomic mass is 79.9. The first-order valence-corrected chi connectivity index (χ1v) is 9.03. The molecule has 0 radical (unpaired) electrons. The van der Waals surface area contributed by atoms with Gasteiger partial charge in [-0.25, -0.2) is 9.78 Å². The molecular formula is C15H21BrN4O5. The highest BCUT2D eigenvalue weighted by Crippen LogP contribution is 2.13. The first-order valence-electron chi connectivity index (χ1n) is 8.24. The fourth-order valence-electron chi connectivity index (χ4n) is 2.76.